The topological polar surface area (TPSA) is 50.8 Å². The van der Waals surface area contributed by atoms with E-state index in [4.69, 9.17) is 0 Å². The Morgan fingerprint density at radius 1 is 1.05 bits per heavy atom. The second kappa shape index (κ2) is 4.53. The molecule has 0 amide bonds. The number of hydrogen-bond acceptors (Lipinski definition) is 3. The molecule has 2 aliphatic rings. The van der Waals surface area contributed by atoms with Crippen LogP contribution in [0.15, 0.2) is 24.3 Å². The molecule has 0 N–H and O–H groups in total. The fourth-order valence-corrected chi connectivity index (χ4v) is 4.17. The Bertz CT molecular complexity index is 585. The van der Waals surface area contributed by atoms with Gasteiger partial charge in [0, 0.05) is 19.2 Å². The van der Waals surface area contributed by atoms with Gasteiger partial charge in [-0.05, 0) is 24.5 Å². The highest BCUT2D eigenvalue weighted by atomic mass is 15.2. The molecule has 1 fully saturated rings. The zero-order chi connectivity index (χ0) is 14.2. The van der Waals surface area contributed by atoms with E-state index < -0.39 is 5.41 Å². The smallest absolute Gasteiger partial charge is 0.170 e. The summed E-state index contributed by atoms with van der Waals surface area (Å²) in [6.07, 6.45) is 5.87. The van der Waals surface area contributed by atoms with Crippen molar-refractivity contribution < 1.29 is 0 Å². The van der Waals surface area contributed by atoms with Crippen LogP contribution in [0.1, 0.15) is 37.7 Å². The van der Waals surface area contributed by atoms with Crippen LogP contribution in [0.25, 0.3) is 0 Å². The second-order valence-corrected chi connectivity index (χ2v) is 6.09. The molecule has 1 aromatic carbocycles. The van der Waals surface area contributed by atoms with Gasteiger partial charge < -0.3 is 4.90 Å². The van der Waals surface area contributed by atoms with Gasteiger partial charge in [0.2, 0.25) is 0 Å². The third kappa shape index (κ3) is 1.50. The van der Waals surface area contributed by atoms with Crippen LogP contribution >= 0.6 is 0 Å². The Morgan fingerprint density at radius 2 is 1.70 bits per heavy atom. The quantitative estimate of drug-likeness (QED) is 0.722. The molecule has 0 bridgehead atoms. The van der Waals surface area contributed by atoms with Crippen LogP contribution in [0.3, 0.4) is 0 Å². The largest absolute Gasteiger partial charge is 0.366 e. The minimum Gasteiger partial charge on any atom is -0.366 e. The Labute approximate surface area is 120 Å². The molecule has 20 heavy (non-hydrogen) atoms. The molecule has 1 saturated carbocycles. The lowest BCUT2D eigenvalue weighted by Gasteiger charge is -2.55. The van der Waals surface area contributed by atoms with Gasteiger partial charge in [0.05, 0.1) is 17.7 Å². The maximum Gasteiger partial charge on any atom is 0.170 e. The molecule has 102 valence electrons. The monoisotopic (exact) mass is 265 g/mol. The first-order valence-corrected chi connectivity index (χ1v) is 7.33. The van der Waals surface area contributed by atoms with Gasteiger partial charge in [0.15, 0.2) is 5.41 Å². The average Bonchev–Trinajstić information content (AvgIpc) is 2.52. The summed E-state index contributed by atoms with van der Waals surface area (Å²) in [5, 5.41) is 19.6. The van der Waals surface area contributed by atoms with Crippen LogP contribution in [0.5, 0.6) is 0 Å². The van der Waals surface area contributed by atoms with E-state index in [0.29, 0.717) is 6.42 Å². The van der Waals surface area contributed by atoms with Gasteiger partial charge in [0.1, 0.15) is 0 Å². The van der Waals surface area contributed by atoms with Crippen LogP contribution in [0, 0.1) is 28.1 Å². The highest BCUT2D eigenvalue weighted by Gasteiger charge is 2.58. The summed E-state index contributed by atoms with van der Waals surface area (Å²) in [7, 11) is 2.06. The second-order valence-electron chi connectivity index (χ2n) is 6.09. The first-order valence-electron chi connectivity index (χ1n) is 7.33. The predicted octanol–water partition coefficient (Wildman–Crippen LogP) is 3.42. The van der Waals surface area contributed by atoms with E-state index in [-0.39, 0.29) is 5.54 Å². The molecule has 1 aromatic rings. The van der Waals surface area contributed by atoms with Crippen LogP contribution < -0.4 is 4.90 Å². The number of para-hydroxylation sites is 1. The number of anilines is 1. The number of rotatable bonds is 0. The van der Waals surface area contributed by atoms with E-state index >= 15 is 0 Å². The summed E-state index contributed by atoms with van der Waals surface area (Å²) < 4.78 is 0. The normalized spacial score (nSPS) is 22.6. The number of fused-ring (bicyclic) bond motifs is 1. The van der Waals surface area contributed by atoms with Crippen molar-refractivity contribution in [3.05, 3.63) is 29.8 Å². The summed E-state index contributed by atoms with van der Waals surface area (Å²) in [4.78, 5) is 2.23. The summed E-state index contributed by atoms with van der Waals surface area (Å²) in [5.74, 6) is 0. The SMILES string of the molecule is CN1c2ccccc2CC(C#N)(C#N)C12CCCCC2. The van der Waals surface area contributed by atoms with Gasteiger partial charge in [-0.2, -0.15) is 10.5 Å². The number of benzene rings is 1. The van der Waals surface area contributed by atoms with Crippen LogP contribution in [-0.4, -0.2) is 12.6 Å². The number of nitrogens with zero attached hydrogens (tertiary/aromatic N) is 3. The van der Waals surface area contributed by atoms with Crippen molar-refractivity contribution in [2.75, 3.05) is 11.9 Å². The van der Waals surface area contributed by atoms with Crippen molar-refractivity contribution >= 4 is 5.69 Å². The molecule has 0 aromatic heterocycles. The predicted molar refractivity (Wildman–Crippen MR) is 78.0 cm³/mol. The van der Waals surface area contributed by atoms with Gasteiger partial charge in [-0.1, -0.05) is 37.5 Å². The molecular weight excluding hydrogens is 246 g/mol. The highest BCUT2D eigenvalue weighted by molar-refractivity contribution is 5.61. The minimum absolute atomic E-state index is 0.316. The van der Waals surface area contributed by atoms with E-state index in [0.717, 1.165) is 31.2 Å². The molecule has 3 nitrogen and oxygen atoms in total. The molecule has 1 spiro atoms. The van der Waals surface area contributed by atoms with E-state index in [1.54, 1.807) is 0 Å². The summed E-state index contributed by atoms with van der Waals surface area (Å²) in [6.45, 7) is 0. The lowest BCUT2D eigenvalue weighted by Crippen LogP contribution is -2.62. The molecule has 0 atom stereocenters. The number of nitriles is 2. The number of hydrogen-bond donors (Lipinski definition) is 0. The van der Waals surface area contributed by atoms with Crippen molar-refractivity contribution in [3.63, 3.8) is 0 Å². The van der Waals surface area contributed by atoms with Crippen molar-refractivity contribution in [3.8, 4) is 12.1 Å². The fraction of sp³-hybridized carbons (Fsp3) is 0.529. The summed E-state index contributed by atoms with van der Waals surface area (Å²) in [5.41, 5.74) is 1.07. The van der Waals surface area contributed by atoms with Gasteiger partial charge in [-0.3, -0.25) is 0 Å². The van der Waals surface area contributed by atoms with Crippen molar-refractivity contribution in [2.24, 2.45) is 5.41 Å². The zero-order valence-electron chi connectivity index (χ0n) is 11.9. The molecule has 1 aliphatic heterocycles. The van der Waals surface area contributed by atoms with Crippen LogP contribution in [0.2, 0.25) is 0 Å². The van der Waals surface area contributed by atoms with Crippen molar-refractivity contribution in [2.45, 2.75) is 44.1 Å². The maximum atomic E-state index is 9.80. The molecule has 3 rings (SSSR count). The maximum absolute atomic E-state index is 9.80. The first-order chi connectivity index (χ1) is 9.69. The van der Waals surface area contributed by atoms with Gasteiger partial charge >= 0.3 is 0 Å². The fourth-order valence-electron chi connectivity index (χ4n) is 4.17. The average molecular weight is 265 g/mol. The standard InChI is InChI=1S/C17H19N3/c1-20-15-8-4-3-7-14(15)11-16(12-18,13-19)17(20)9-5-2-6-10-17/h3-4,7-8H,2,5-6,9-11H2,1H3. The van der Waals surface area contributed by atoms with E-state index in [9.17, 15) is 10.5 Å². The third-order valence-electron chi connectivity index (χ3n) is 5.31. The zero-order valence-corrected chi connectivity index (χ0v) is 11.9. The summed E-state index contributed by atoms with van der Waals surface area (Å²) >= 11 is 0. The first kappa shape index (κ1) is 13.0. The lowest BCUT2D eigenvalue weighted by atomic mass is 9.58. The molecule has 0 saturated heterocycles. The molecule has 1 aliphatic carbocycles. The Kier molecular flexibility index (Phi) is 2.94. The highest BCUT2D eigenvalue weighted by Crippen LogP contribution is 2.53. The summed E-state index contributed by atoms with van der Waals surface area (Å²) in [6, 6.07) is 13.0. The lowest BCUT2D eigenvalue weighted by molar-refractivity contribution is 0.163. The van der Waals surface area contributed by atoms with Crippen LogP contribution in [-0.2, 0) is 6.42 Å². The van der Waals surface area contributed by atoms with Crippen molar-refractivity contribution in [1.82, 2.24) is 0 Å². The van der Waals surface area contributed by atoms with Gasteiger partial charge in [-0.25, -0.2) is 0 Å². The Hall–Kier alpha value is -2.00. The molecule has 1 heterocycles. The molecular formula is C17H19N3. The molecule has 0 radical (unpaired) electrons. The van der Waals surface area contributed by atoms with Crippen LogP contribution in [0.4, 0.5) is 5.69 Å². The van der Waals surface area contributed by atoms with Gasteiger partial charge in [-0.15, -0.1) is 0 Å². The van der Waals surface area contributed by atoms with Crippen molar-refractivity contribution in [1.29, 1.82) is 10.5 Å². The third-order valence-corrected chi connectivity index (χ3v) is 5.31. The van der Waals surface area contributed by atoms with Gasteiger partial charge in [0.25, 0.3) is 0 Å². The molecule has 0 unspecified atom stereocenters. The molecule has 3 heteroatoms. The minimum atomic E-state index is -0.920. The van der Waals surface area contributed by atoms with E-state index in [1.165, 1.54) is 12.1 Å². The Balaban J connectivity index is 2.20. The van der Waals surface area contributed by atoms with E-state index in [1.807, 2.05) is 18.2 Å². The Morgan fingerprint density at radius 3 is 2.35 bits per heavy atom. The van der Waals surface area contributed by atoms with E-state index in [2.05, 4.69) is 30.2 Å².